The standard InChI is InChI=1S/C18H24O4/c1-13(2)22-18(20)16-11-7-6-10-15(16)17(19)21-12-14-8-4-3-5-9-14/h6-7,10-11,13-14H,3-5,8-9,12H2,1-2H3. The third-order valence-electron chi connectivity index (χ3n) is 3.88. The van der Waals surface area contributed by atoms with E-state index in [2.05, 4.69) is 0 Å². The Morgan fingerprint density at radius 1 is 1.05 bits per heavy atom. The lowest BCUT2D eigenvalue weighted by Gasteiger charge is -2.21. The molecular weight excluding hydrogens is 280 g/mol. The maximum atomic E-state index is 12.3. The summed E-state index contributed by atoms with van der Waals surface area (Å²) >= 11 is 0. The van der Waals surface area contributed by atoms with Gasteiger partial charge in [0.1, 0.15) is 0 Å². The lowest BCUT2D eigenvalue weighted by Crippen LogP contribution is -2.20. The molecule has 0 aromatic heterocycles. The van der Waals surface area contributed by atoms with E-state index >= 15 is 0 Å². The number of rotatable bonds is 5. The van der Waals surface area contributed by atoms with Crippen molar-refractivity contribution in [3.05, 3.63) is 35.4 Å². The molecule has 0 unspecified atom stereocenters. The van der Waals surface area contributed by atoms with Gasteiger partial charge in [-0.25, -0.2) is 9.59 Å². The summed E-state index contributed by atoms with van der Waals surface area (Å²) < 4.78 is 10.6. The first-order valence-corrected chi connectivity index (χ1v) is 8.05. The highest BCUT2D eigenvalue weighted by molar-refractivity contribution is 6.03. The summed E-state index contributed by atoms with van der Waals surface area (Å²) in [6.45, 7) is 4.00. The van der Waals surface area contributed by atoms with E-state index in [9.17, 15) is 9.59 Å². The molecule has 0 bridgehead atoms. The second-order valence-electron chi connectivity index (χ2n) is 6.10. The Morgan fingerprint density at radius 2 is 1.64 bits per heavy atom. The van der Waals surface area contributed by atoms with E-state index in [-0.39, 0.29) is 17.2 Å². The van der Waals surface area contributed by atoms with Crippen LogP contribution in [0.5, 0.6) is 0 Å². The number of carbonyl (C=O) groups is 2. The zero-order valence-electron chi connectivity index (χ0n) is 13.3. The van der Waals surface area contributed by atoms with E-state index in [1.807, 2.05) is 0 Å². The number of hydrogen-bond donors (Lipinski definition) is 0. The maximum Gasteiger partial charge on any atom is 0.339 e. The molecule has 1 aliphatic carbocycles. The summed E-state index contributed by atoms with van der Waals surface area (Å²) in [7, 11) is 0. The van der Waals surface area contributed by atoms with E-state index in [1.165, 1.54) is 19.3 Å². The molecule has 1 aliphatic rings. The fourth-order valence-corrected chi connectivity index (χ4v) is 2.74. The Kier molecular flexibility index (Phi) is 5.99. The van der Waals surface area contributed by atoms with Crippen molar-refractivity contribution < 1.29 is 19.1 Å². The molecule has 2 rings (SSSR count). The second-order valence-corrected chi connectivity index (χ2v) is 6.10. The van der Waals surface area contributed by atoms with Gasteiger partial charge in [0.25, 0.3) is 0 Å². The smallest absolute Gasteiger partial charge is 0.339 e. The Morgan fingerprint density at radius 3 is 2.23 bits per heavy atom. The van der Waals surface area contributed by atoms with Crippen molar-refractivity contribution >= 4 is 11.9 Å². The van der Waals surface area contributed by atoms with Crippen LogP contribution in [0, 0.1) is 5.92 Å². The molecule has 0 radical (unpaired) electrons. The van der Waals surface area contributed by atoms with Crippen molar-refractivity contribution in [3.63, 3.8) is 0 Å². The molecule has 0 amide bonds. The fourth-order valence-electron chi connectivity index (χ4n) is 2.74. The first-order valence-electron chi connectivity index (χ1n) is 8.05. The summed E-state index contributed by atoms with van der Waals surface area (Å²) in [5, 5.41) is 0. The van der Waals surface area contributed by atoms with Gasteiger partial charge in [-0.1, -0.05) is 31.4 Å². The monoisotopic (exact) mass is 304 g/mol. The SMILES string of the molecule is CC(C)OC(=O)c1ccccc1C(=O)OCC1CCCCC1. The third-order valence-corrected chi connectivity index (χ3v) is 3.88. The molecule has 1 fully saturated rings. The summed E-state index contributed by atoms with van der Waals surface area (Å²) in [6, 6.07) is 6.65. The molecule has 4 nitrogen and oxygen atoms in total. The number of esters is 2. The summed E-state index contributed by atoms with van der Waals surface area (Å²) in [5.74, 6) is -0.477. The quantitative estimate of drug-likeness (QED) is 0.772. The molecular formula is C18H24O4. The van der Waals surface area contributed by atoms with Gasteiger partial charge in [-0.3, -0.25) is 0 Å². The van der Waals surface area contributed by atoms with Crippen LogP contribution >= 0.6 is 0 Å². The molecule has 0 heterocycles. The lowest BCUT2D eigenvalue weighted by atomic mass is 9.90. The average Bonchev–Trinajstić information content (AvgIpc) is 2.53. The first-order chi connectivity index (χ1) is 10.6. The van der Waals surface area contributed by atoms with Crippen LogP contribution in [-0.2, 0) is 9.47 Å². The van der Waals surface area contributed by atoms with E-state index in [0.29, 0.717) is 12.5 Å². The van der Waals surface area contributed by atoms with Crippen LogP contribution in [0.4, 0.5) is 0 Å². The predicted molar refractivity (Wildman–Crippen MR) is 83.9 cm³/mol. The van der Waals surface area contributed by atoms with Gasteiger partial charge in [-0.15, -0.1) is 0 Å². The highest BCUT2D eigenvalue weighted by Crippen LogP contribution is 2.24. The summed E-state index contributed by atoms with van der Waals surface area (Å²) in [5.41, 5.74) is 0.550. The molecule has 0 aliphatic heterocycles. The molecule has 22 heavy (non-hydrogen) atoms. The summed E-state index contributed by atoms with van der Waals surface area (Å²) in [6.07, 6.45) is 5.70. The summed E-state index contributed by atoms with van der Waals surface area (Å²) in [4.78, 5) is 24.3. The van der Waals surface area contributed by atoms with Gasteiger partial charge < -0.3 is 9.47 Å². The molecule has 120 valence electrons. The van der Waals surface area contributed by atoms with Crippen molar-refractivity contribution in [2.75, 3.05) is 6.61 Å². The topological polar surface area (TPSA) is 52.6 Å². The maximum absolute atomic E-state index is 12.3. The van der Waals surface area contributed by atoms with Crippen molar-refractivity contribution in [2.45, 2.75) is 52.1 Å². The van der Waals surface area contributed by atoms with Crippen molar-refractivity contribution in [2.24, 2.45) is 5.92 Å². The van der Waals surface area contributed by atoms with Crippen LogP contribution in [0.3, 0.4) is 0 Å². The van der Waals surface area contributed by atoms with Crippen molar-refractivity contribution in [1.82, 2.24) is 0 Å². The number of hydrogen-bond acceptors (Lipinski definition) is 4. The minimum absolute atomic E-state index is 0.223. The lowest BCUT2D eigenvalue weighted by molar-refractivity contribution is 0.0343. The van der Waals surface area contributed by atoms with Crippen LogP contribution < -0.4 is 0 Å². The zero-order chi connectivity index (χ0) is 15.9. The van der Waals surface area contributed by atoms with Crippen LogP contribution in [0.1, 0.15) is 66.7 Å². The van der Waals surface area contributed by atoms with Gasteiger partial charge in [-0.05, 0) is 44.7 Å². The van der Waals surface area contributed by atoms with Crippen LogP contribution in [0.25, 0.3) is 0 Å². The van der Waals surface area contributed by atoms with E-state index in [0.717, 1.165) is 12.8 Å². The van der Waals surface area contributed by atoms with E-state index < -0.39 is 11.9 Å². The molecule has 0 atom stereocenters. The first kappa shape index (κ1) is 16.5. The predicted octanol–water partition coefficient (Wildman–Crippen LogP) is 3.99. The number of ether oxygens (including phenoxy) is 2. The van der Waals surface area contributed by atoms with Gasteiger partial charge in [0.2, 0.25) is 0 Å². The van der Waals surface area contributed by atoms with Gasteiger partial charge in [0.15, 0.2) is 0 Å². The molecule has 1 saturated carbocycles. The average molecular weight is 304 g/mol. The van der Waals surface area contributed by atoms with E-state index in [1.54, 1.807) is 38.1 Å². The highest BCUT2D eigenvalue weighted by atomic mass is 16.5. The van der Waals surface area contributed by atoms with E-state index in [4.69, 9.17) is 9.47 Å². The number of benzene rings is 1. The Labute approximate surface area is 131 Å². The third kappa shape index (κ3) is 4.58. The Balaban J connectivity index is 2.01. The van der Waals surface area contributed by atoms with Gasteiger partial charge in [-0.2, -0.15) is 0 Å². The minimum Gasteiger partial charge on any atom is -0.462 e. The van der Waals surface area contributed by atoms with Gasteiger partial charge in [0, 0.05) is 0 Å². The molecule has 4 heteroatoms. The Bertz CT molecular complexity index is 516. The normalized spacial score (nSPS) is 15.6. The highest BCUT2D eigenvalue weighted by Gasteiger charge is 2.21. The fraction of sp³-hybridized carbons (Fsp3) is 0.556. The van der Waals surface area contributed by atoms with Crippen LogP contribution in [0.2, 0.25) is 0 Å². The van der Waals surface area contributed by atoms with Crippen molar-refractivity contribution in [1.29, 1.82) is 0 Å². The minimum atomic E-state index is -0.486. The zero-order valence-corrected chi connectivity index (χ0v) is 13.3. The number of carbonyl (C=O) groups excluding carboxylic acids is 2. The molecule has 0 spiro atoms. The largest absolute Gasteiger partial charge is 0.462 e. The van der Waals surface area contributed by atoms with Crippen LogP contribution in [0.15, 0.2) is 24.3 Å². The molecule has 0 saturated heterocycles. The molecule has 1 aromatic rings. The van der Waals surface area contributed by atoms with Crippen LogP contribution in [-0.4, -0.2) is 24.6 Å². The molecule has 0 N–H and O–H groups in total. The second kappa shape index (κ2) is 7.97. The van der Waals surface area contributed by atoms with Gasteiger partial charge >= 0.3 is 11.9 Å². The molecule has 1 aromatic carbocycles. The van der Waals surface area contributed by atoms with Crippen molar-refractivity contribution in [3.8, 4) is 0 Å². The van der Waals surface area contributed by atoms with Gasteiger partial charge in [0.05, 0.1) is 23.8 Å². The Hall–Kier alpha value is -1.84.